The Hall–Kier alpha value is -1.65. The van der Waals surface area contributed by atoms with Gasteiger partial charge in [0.2, 0.25) is 0 Å². The molecule has 0 saturated carbocycles. The monoisotopic (exact) mass is 280 g/mol. The predicted molar refractivity (Wildman–Crippen MR) is 72.8 cm³/mol. The van der Waals surface area contributed by atoms with Crippen molar-refractivity contribution in [1.82, 2.24) is 4.98 Å². The molecule has 2 rings (SSSR count). The van der Waals surface area contributed by atoms with E-state index in [-0.39, 0.29) is 11.8 Å². The van der Waals surface area contributed by atoms with E-state index in [1.807, 2.05) is 0 Å². The van der Waals surface area contributed by atoms with Crippen LogP contribution < -0.4 is 10.5 Å². The normalized spacial score (nSPS) is 12.2. The molecule has 1 aromatic carbocycles. The van der Waals surface area contributed by atoms with E-state index < -0.39 is 5.82 Å². The van der Waals surface area contributed by atoms with E-state index in [2.05, 4.69) is 4.98 Å². The third-order valence-electron chi connectivity index (χ3n) is 2.88. The van der Waals surface area contributed by atoms with Crippen LogP contribution in [0.3, 0.4) is 0 Å². The van der Waals surface area contributed by atoms with Crippen LogP contribution in [-0.4, -0.2) is 12.1 Å². The van der Waals surface area contributed by atoms with E-state index in [1.165, 1.54) is 13.2 Å². The van der Waals surface area contributed by atoms with Crippen molar-refractivity contribution in [2.24, 2.45) is 5.73 Å². The van der Waals surface area contributed by atoms with Crippen molar-refractivity contribution in [3.8, 4) is 5.75 Å². The van der Waals surface area contributed by atoms with Gasteiger partial charge < -0.3 is 10.5 Å². The molecule has 1 heterocycles. The lowest BCUT2D eigenvalue weighted by atomic mass is 10.0. The van der Waals surface area contributed by atoms with Gasteiger partial charge in [0, 0.05) is 18.4 Å². The summed E-state index contributed by atoms with van der Waals surface area (Å²) < 4.78 is 18.5. The van der Waals surface area contributed by atoms with Crippen molar-refractivity contribution in [2.75, 3.05) is 7.11 Å². The summed E-state index contributed by atoms with van der Waals surface area (Å²) in [6.45, 7) is 0. The highest BCUT2D eigenvalue weighted by atomic mass is 35.5. The van der Waals surface area contributed by atoms with Crippen LogP contribution in [0.5, 0.6) is 5.75 Å². The minimum Gasteiger partial charge on any atom is -0.494 e. The van der Waals surface area contributed by atoms with Gasteiger partial charge in [-0.2, -0.15) is 0 Å². The van der Waals surface area contributed by atoms with Gasteiger partial charge in [-0.15, -0.1) is 0 Å². The van der Waals surface area contributed by atoms with Crippen LogP contribution in [0.4, 0.5) is 4.39 Å². The maximum atomic E-state index is 13.6. The highest BCUT2D eigenvalue weighted by molar-refractivity contribution is 6.31. The topological polar surface area (TPSA) is 48.1 Å². The summed E-state index contributed by atoms with van der Waals surface area (Å²) in [4.78, 5) is 3.91. The summed E-state index contributed by atoms with van der Waals surface area (Å²) >= 11 is 6.03. The standard InChI is InChI=1S/C14H14ClFN2O/c1-19-14-3-2-9(6-12(14)16)7-13(17)10-4-5-18-8-11(10)15/h2-6,8,13H,7,17H2,1H3. The highest BCUT2D eigenvalue weighted by Gasteiger charge is 2.12. The lowest BCUT2D eigenvalue weighted by Crippen LogP contribution is -2.14. The molecule has 0 aliphatic heterocycles. The van der Waals surface area contributed by atoms with E-state index in [4.69, 9.17) is 22.1 Å². The molecular formula is C14H14ClFN2O. The van der Waals surface area contributed by atoms with Crippen molar-refractivity contribution in [3.63, 3.8) is 0 Å². The maximum absolute atomic E-state index is 13.6. The first-order chi connectivity index (χ1) is 9.11. The number of nitrogens with two attached hydrogens (primary N) is 1. The third-order valence-corrected chi connectivity index (χ3v) is 3.19. The average Bonchev–Trinajstić information content (AvgIpc) is 2.39. The predicted octanol–water partition coefficient (Wildman–Crippen LogP) is 3.13. The van der Waals surface area contributed by atoms with E-state index in [1.54, 1.807) is 30.6 Å². The Kier molecular flexibility index (Phi) is 4.35. The summed E-state index contributed by atoms with van der Waals surface area (Å²) in [6, 6.07) is 6.27. The largest absolute Gasteiger partial charge is 0.494 e. The minimum atomic E-state index is -0.395. The molecule has 0 aliphatic rings. The molecule has 1 atom stereocenters. The molecule has 1 aromatic heterocycles. The maximum Gasteiger partial charge on any atom is 0.165 e. The molecule has 19 heavy (non-hydrogen) atoms. The average molecular weight is 281 g/mol. The van der Waals surface area contributed by atoms with Crippen LogP contribution >= 0.6 is 11.6 Å². The number of nitrogens with zero attached hydrogens (tertiary/aromatic N) is 1. The quantitative estimate of drug-likeness (QED) is 0.936. The molecule has 1 unspecified atom stereocenters. The van der Waals surface area contributed by atoms with Gasteiger partial charge in [-0.3, -0.25) is 4.98 Å². The van der Waals surface area contributed by atoms with Crippen LogP contribution in [-0.2, 0) is 6.42 Å². The Balaban J connectivity index is 2.17. The number of pyridine rings is 1. The summed E-state index contributed by atoms with van der Waals surface area (Å²) in [7, 11) is 1.43. The van der Waals surface area contributed by atoms with Gasteiger partial charge >= 0.3 is 0 Å². The van der Waals surface area contributed by atoms with Gasteiger partial charge in [-0.05, 0) is 35.7 Å². The first kappa shape index (κ1) is 13.8. The molecule has 0 spiro atoms. The molecule has 0 fully saturated rings. The summed E-state index contributed by atoms with van der Waals surface area (Å²) in [6.07, 6.45) is 3.67. The number of aromatic nitrogens is 1. The summed E-state index contributed by atoms with van der Waals surface area (Å²) in [5, 5.41) is 0.518. The molecule has 0 aliphatic carbocycles. The number of rotatable bonds is 4. The SMILES string of the molecule is COc1ccc(CC(N)c2ccncc2Cl)cc1F. The van der Waals surface area contributed by atoms with Crippen molar-refractivity contribution in [2.45, 2.75) is 12.5 Å². The highest BCUT2D eigenvalue weighted by Crippen LogP contribution is 2.25. The molecule has 100 valence electrons. The Morgan fingerprint density at radius 2 is 2.21 bits per heavy atom. The second-order valence-corrected chi connectivity index (χ2v) is 4.58. The third kappa shape index (κ3) is 3.22. The first-order valence-corrected chi connectivity index (χ1v) is 6.17. The molecule has 2 N–H and O–H groups in total. The molecule has 2 aromatic rings. The Morgan fingerprint density at radius 1 is 1.42 bits per heavy atom. The van der Waals surface area contributed by atoms with Crippen LogP contribution in [0.1, 0.15) is 17.2 Å². The van der Waals surface area contributed by atoms with E-state index in [0.29, 0.717) is 11.4 Å². The Bertz CT molecular complexity index is 577. The van der Waals surface area contributed by atoms with E-state index in [9.17, 15) is 4.39 Å². The number of hydrogen-bond donors (Lipinski definition) is 1. The number of ether oxygens (including phenoxy) is 1. The fraction of sp³-hybridized carbons (Fsp3) is 0.214. The van der Waals surface area contributed by atoms with Crippen LogP contribution in [0.15, 0.2) is 36.7 Å². The molecule has 0 amide bonds. The lowest BCUT2D eigenvalue weighted by Gasteiger charge is -2.14. The van der Waals surface area contributed by atoms with Crippen molar-refractivity contribution in [3.05, 3.63) is 58.6 Å². The number of halogens is 2. The number of hydrogen-bond acceptors (Lipinski definition) is 3. The Labute approximate surface area is 116 Å². The smallest absolute Gasteiger partial charge is 0.165 e. The van der Waals surface area contributed by atoms with Crippen molar-refractivity contribution < 1.29 is 9.13 Å². The second-order valence-electron chi connectivity index (χ2n) is 4.18. The van der Waals surface area contributed by atoms with E-state index in [0.717, 1.165) is 11.1 Å². The van der Waals surface area contributed by atoms with Crippen LogP contribution in [0.25, 0.3) is 0 Å². The van der Waals surface area contributed by atoms with Gasteiger partial charge in [0.1, 0.15) is 0 Å². The van der Waals surface area contributed by atoms with Crippen LogP contribution in [0, 0.1) is 5.82 Å². The van der Waals surface area contributed by atoms with Gasteiger partial charge in [0.15, 0.2) is 11.6 Å². The molecule has 0 bridgehead atoms. The van der Waals surface area contributed by atoms with Crippen molar-refractivity contribution >= 4 is 11.6 Å². The molecule has 0 radical (unpaired) electrons. The minimum absolute atomic E-state index is 0.222. The van der Waals surface area contributed by atoms with Gasteiger partial charge in [0.25, 0.3) is 0 Å². The summed E-state index contributed by atoms with van der Waals surface area (Å²) in [5.41, 5.74) is 7.67. The van der Waals surface area contributed by atoms with Crippen LogP contribution in [0.2, 0.25) is 5.02 Å². The van der Waals surface area contributed by atoms with Gasteiger partial charge in [-0.25, -0.2) is 4.39 Å². The molecule has 5 heteroatoms. The van der Waals surface area contributed by atoms with Gasteiger partial charge in [0.05, 0.1) is 12.1 Å². The zero-order valence-electron chi connectivity index (χ0n) is 10.4. The number of benzene rings is 1. The Morgan fingerprint density at radius 3 is 2.84 bits per heavy atom. The first-order valence-electron chi connectivity index (χ1n) is 5.79. The fourth-order valence-corrected chi connectivity index (χ4v) is 2.15. The number of methoxy groups -OCH3 is 1. The zero-order chi connectivity index (χ0) is 13.8. The van der Waals surface area contributed by atoms with Gasteiger partial charge in [-0.1, -0.05) is 17.7 Å². The summed E-state index contributed by atoms with van der Waals surface area (Å²) in [5.74, 6) is -0.174. The molecule has 3 nitrogen and oxygen atoms in total. The lowest BCUT2D eigenvalue weighted by molar-refractivity contribution is 0.386. The molecular weight excluding hydrogens is 267 g/mol. The van der Waals surface area contributed by atoms with Crippen molar-refractivity contribution in [1.29, 1.82) is 0 Å². The second kappa shape index (κ2) is 5.99. The van der Waals surface area contributed by atoms with E-state index >= 15 is 0 Å². The fourth-order valence-electron chi connectivity index (χ4n) is 1.89. The zero-order valence-corrected chi connectivity index (χ0v) is 11.2. The molecule has 0 saturated heterocycles.